The number of nitrogens with two attached hydrogens (primary N) is 1. The maximum absolute atomic E-state index is 8.87. The van der Waals surface area contributed by atoms with Gasteiger partial charge in [0.1, 0.15) is 17.6 Å². The smallest absolute Gasteiger partial charge is 0.138 e. The molecule has 0 radical (unpaired) electrons. The Morgan fingerprint density at radius 3 is 2.87 bits per heavy atom. The van der Waals surface area contributed by atoms with Gasteiger partial charge < -0.3 is 5.73 Å². The zero-order valence-electron chi connectivity index (χ0n) is 8.31. The highest BCUT2D eigenvalue weighted by molar-refractivity contribution is 5.46. The Kier molecular flexibility index (Phi) is 2.14. The van der Waals surface area contributed by atoms with Crippen LogP contribution < -0.4 is 5.73 Å². The van der Waals surface area contributed by atoms with Gasteiger partial charge in [-0.1, -0.05) is 0 Å². The molecule has 0 aliphatic heterocycles. The van der Waals surface area contributed by atoms with Gasteiger partial charge in [0.05, 0.1) is 11.4 Å². The summed E-state index contributed by atoms with van der Waals surface area (Å²) in [7, 11) is 0. The van der Waals surface area contributed by atoms with Crippen LogP contribution in [0.4, 0.5) is 5.69 Å². The van der Waals surface area contributed by atoms with Gasteiger partial charge in [-0.2, -0.15) is 5.26 Å². The van der Waals surface area contributed by atoms with Crippen LogP contribution in [0.2, 0.25) is 0 Å². The zero-order valence-corrected chi connectivity index (χ0v) is 8.31. The first-order chi connectivity index (χ1) is 7.22. The molecule has 0 atom stereocenters. The van der Waals surface area contributed by atoms with Gasteiger partial charge in [-0.05, 0) is 31.2 Å². The normalized spacial score (nSPS) is 9.87. The Labute approximate surface area is 87.6 Å². The Hall–Kier alpha value is -2.28. The zero-order chi connectivity index (χ0) is 10.8. The van der Waals surface area contributed by atoms with Gasteiger partial charge in [-0.15, -0.1) is 0 Å². The van der Waals surface area contributed by atoms with Crippen LogP contribution in [0, 0.1) is 18.3 Å². The minimum Gasteiger partial charge on any atom is -0.397 e. The number of rotatable bonds is 1. The second kappa shape index (κ2) is 3.46. The first-order valence-corrected chi connectivity index (χ1v) is 4.53. The van der Waals surface area contributed by atoms with Gasteiger partial charge in [0, 0.05) is 6.20 Å². The molecule has 2 rings (SSSR count). The third-order valence-electron chi connectivity index (χ3n) is 2.22. The van der Waals surface area contributed by atoms with E-state index in [1.165, 1.54) is 0 Å². The number of aromatic nitrogens is 2. The van der Waals surface area contributed by atoms with Crippen LogP contribution in [0.1, 0.15) is 11.4 Å². The summed E-state index contributed by atoms with van der Waals surface area (Å²) in [5, 5.41) is 8.87. The first-order valence-electron chi connectivity index (χ1n) is 4.53. The van der Waals surface area contributed by atoms with Gasteiger partial charge >= 0.3 is 0 Å². The van der Waals surface area contributed by atoms with Crippen molar-refractivity contribution < 1.29 is 0 Å². The van der Waals surface area contributed by atoms with E-state index in [0.717, 1.165) is 5.69 Å². The molecule has 2 N–H and O–H groups in total. The van der Waals surface area contributed by atoms with Crippen molar-refractivity contribution in [2.75, 3.05) is 5.73 Å². The van der Waals surface area contributed by atoms with E-state index in [0.29, 0.717) is 17.2 Å². The van der Waals surface area contributed by atoms with Gasteiger partial charge in [-0.25, -0.2) is 4.98 Å². The quantitative estimate of drug-likeness (QED) is 0.757. The van der Waals surface area contributed by atoms with E-state index in [2.05, 4.69) is 11.1 Å². The SMILES string of the molecule is Cc1nc(-n2cccc2C#N)ccc1N. The van der Waals surface area contributed by atoms with E-state index in [4.69, 9.17) is 11.0 Å². The summed E-state index contributed by atoms with van der Waals surface area (Å²) in [5.41, 5.74) is 7.66. The van der Waals surface area contributed by atoms with Crippen LogP contribution in [-0.4, -0.2) is 9.55 Å². The Balaban J connectivity index is 2.56. The van der Waals surface area contributed by atoms with Gasteiger partial charge in [0.15, 0.2) is 0 Å². The number of hydrogen-bond donors (Lipinski definition) is 1. The molecule has 2 heterocycles. The Bertz CT molecular complexity index is 534. The second-order valence-corrected chi connectivity index (χ2v) is 3.22. The van der Waals surface area contributed by atoms with Crippen LogP contribution in [-0.2, 0) is 0 Å². The minimum atomic E-state index is 0.562. The molecule has 0 spiro atoms. The number of aryl methyl sites for hydroxylation is 1. The molecular formula is C11H10N4. The van der Waals surface area contributed by atoms with Crippen LogP contribution in [0.15, 0.2) is 30.5 Å². The fraction of sp³-hybridized carbons (Fsp3) is 0.0909. The summed E-state index contributed by atoms with van der Waals surface area (Å²) in [6.07, 6.45) is 1.80. The second-order valence-electron chi connectivity index (χ2n) is 3.22. The molecule has 4 nitrogen and oxygen atoms in total. The van der Waals surface area contributed by atoms with Crippen molar-refractivity contribution in [3.63, 3.8) is 0 Å². The molecule has 0 amide bonds. The standard InChI is InChI=1S/C11H10N4/c1-8-10(13)4-5-11(14-8)15-6-2-3-9(15)7-12/h2-6H,13H2,1H3. The topological polar surface area (TPSA) is 67.6 Å². The number of nitrogens with zero attached hydrogens (tertiary/aromatic N) is 3. The third kappa shape index (κ3) is 1.55. The van der Waals surface area contributed by atoms with Crippen molar-refractivity contribution in [3.05, 3.63) is 41.9 Å². The molecule has 0 saturated heterocycles. The number of pyridine rings is 1. The summed E-state index contributed by atoms with van der Waals surface area (Å²) in [5.74, 6) is 0.711. The third-order valence-corrected chi connectivity index (χ3v) is 2.22. The van der Waals surface area contributed by atoms with E-state index in [9.17, 15) is 0 Å². The van der Waals surface area contributed by atoms with Crippen LogP contribution in [0.5, 0.6) is 0 Å². The summed E-state index contributed by atoms with van der Waals surface area (Å²) in [6, 6.07) is 9.24. The largest absolute Gasteiger partial charge is 0.397 e. The molecule has 0 aromatic carbocycles. The molecule has 0 saturated carbocycles. The molecule has 2 aromatic rings. The Morgan fingerprint density at radius 2 is 2.20 bits per heavy atom. The average molecular weight is 198 g/mol. The molecule has 0 fully saturated rings. The van der Waals surface area contributed by atoms with E-state index >= 15 is 0 Å². The van der Waals surface area contributed by atoms with Crippen molar-refractivity contribution in [1.82, 2.24) is 9.55 Å². The maximum Gasteiger partial charge on any atom is 0.138 e. The lowest BCUT2D eigenvalue weighted by Crippen LogP contribution is -2.01. The number of nitrogen functional groups attached to an aromatic ring is 1. The van der Waals surface area contributed by atoms with Crippen LogP contribution in [0.25, 0.3) is 5.82 Å². The first kappa shape index (κ1) is 9.28. The summed E-state index contributed by atoms with van der Waals surface area (Å²) in [6.45, 7) is 1.84. The Morgan fingerprint density at radius 1 is 1.40 bits per heavy atom. The monoisotopic (exact) mass is 198 g/mol. The van der Waals surface area contributed by atoms with Gasteiger partial charge in [0.2, 0.25) is 0 Å². The van der Waals surface area contributed by atoms with Crippen molar-refractivity contribution in [1.29, 1.82) is 5.26 Å². The number of nitriles is 1. The van der Waals surface area contributed by atoms with Crippen molar-refractivity contribution in [2.45, 2.75) is 6.92 Å². The summed E-state index contributed by atoms with van der Waals surface area (Å²) in [4.78, 5) is 4.31. The highest BCUT2D eigenvalue weighted by Crippen LogP contribution is 2.14. The number of anilines is 1. The molecule has 2 aromatic heterocycles. The fourth-order valence-corrected chi connectivity index (χ4v) is 1.36. The molecule has 0 aliphatic carbocycles. The predicted molar refractivity (Wildman–Crippen MR) is 57.4 cm³/mol. The lowest BCUT2D eigenvalue weighted by atomic mass is 10.3. The van der Waals surface area contributed by atoms with E-state index in [1.54, 1.807) is 29.0 Å². The highest BCUT2D eigenvalue weighted by Gasteiger charge is 2.04. The molecule has 4 heteroatoms. The fourth-order valence-electron chi connectivity index (χ4n) is 1.36. The lowest BCUT2D eigenvalue weighted by molar-refractivity contribution is 0.973. The summed E-state index contributed by atoms with van der Waals surface area (Å²) < 4.78 is 1.73. The average Bonchev–Trinajstić information content (AvgIpc) is 2.70. The van der Waals surface area contributed by atoms with Gasteiger partial charge in [-0.3, -0.25) is 4.57 Å². The minimum absolute atomic E-state index is 0.562. The maximum atomic E-state index is 8.87. The van der Waals surface area contributed by atoms with Crippen LogP contribution >= 0.6 is 0 Å². The van der Waals surface area contributed by atoms with Crippen molar-refractivity contribution in [2.24, 2.45) is 0 Å². The lowest BCUT2D eigenvalue weighted by Gasteiger charge is -2.06. The molecule has 0 aliphatic rings. The molecule has 74 valence electrons. The highest BCUT2D eigenvalue weighted by atomic mass is 15.1. The van der Waals surface area contributed by atoms with E-state index < -0.39 is 0 Å². The van der Waals surface area contributed by atoms with E-state index in [-0.39, 0.29) is 0 Å². The summed E-state index contributed by atoms with van der Waals surface area (Å²) >= 11 is 0. The van der Waals surface area contributed by atoms with Crippen molar-refractivity contribution >= 4 is 5.69 Å². The number of hydrogen-bond acceptors (Lipinski definition) is 3. The van der Waals surface area contributed by atoms with Crippen molar-refractivity contribution in [3.8, 4) is 11.9 Å². The van der Waals surface area contributed by atoms with Gasteiger partial charge in [0.25, 0.3) is 0 Å². The molecule has 0 bridgehead atoms. The molecule has 15 heavy (non-hydrogen) atoms. The molecule has 0 unspecified atom stereocenters. The molecular weight excluding hydrogens is 188 g/mol. The predicted octanol–water partition coefficient (Wildman–Crippen LogP) is 1.63. The van der Waals surface area contributed by atoms with E-state index in [1.807, 2.05) is 13.0 Å². The van der Waals surface area contributed by atoms with Crippen LogP contribution in [0.3, 0.4) is 0 Å².